The molecule has 0 unspecified atom stereocenters. The van der Waals surface area contributed by atoms with Gasteiger partial charge < -0.3 is 20.7 Å². The molecule has 0 aliphatic heterocycles. The summed E-state index contributed by atoms with van der Waals surface area (Å²) in [7, 11) is 1.65. The first-order valence-electron chi connectivity index (χ1n) is 13.7. The van der Waals surface area contributed by atoms with E-state index in [0.717, 1.165) is 54.0 Å². The van der Waals surface area contributed by atoms with Crippen LogP contribution in [0.1, 0.15) is 13.8 Å². The predicted molar refractivity (Wildman–Crippen MR) is 187 cm³/mol. The van der Waals surface area contributed by atoms with Gasteiger partial charge >= 0.3 is 0 Å². The molecule has 232 valence electrons. The molecule has 3 aromatic carbocycles. The minimum absolute atomic E-state index is 0.140. The Bertz CT molecular complexity index is 1930. The average Bonchev–Trinajstić information content (AvgIpc) is 3.72. The molecule has 6 rings (SSSR count). The number of benzene rings is 3. The number of pyridine rings is 1. The van der Waals surface area contributed by atoms with Crippen molar-refractivity contribution in [2.75, 3.05) is 23.1 Å². The summed E-state index contributed by atoms with van der Waals surface area (Å²) in [6, 6.07) is 27.4. The smallest absolute Gasteiger partial charge is 0.223 e. The van der Waals surface area contributed by atoms with Gasteiger partial charge in [0.1, 0.15) is 21.6 Å². The first kappa shape index (κ1) is 32.3. The van der Waals surface area contributed by atoms with Crippen molar-refractivity contribution in [3.8, 4) is 38.0 Å². The highest BCUT2D eigenvalue weighted by atomic mass is 79.9. The van der Waals surface area contributed by atoms with E-state index in [1.807, 2.05) is 84.9 Å². The average molecular weight is 716 g/mol. The Balaban J connectivity index is 0.000000219. The fourth-order valence-corrected chi connectivity index (χ4v) is 5.87. The fraction of sp³-hybridized carbons (Fsp3) is 0.0938. The third-order valence-corrected chi connectivity index (χ3v) is 8.41. The van der Waals surface area contributed by atoms with Crippen molar-refractivity contribution in [3.05, 3.63) is 95.6 Å². The molecule has 0 saturated heterocycles. The maximum Gasteiger partial charge on any atom is 0.223 e. The summed E-state index contributed by atoms with van der Waals surface area (Å²) in [5.74, 6) is 1.27. The van der Waals surface area contributed by atoms with Crippen LogP contribution in [-0.2, 0) is 9.59 Å². The zero-order chi connectivity index (χ0) is 32.5. The van der Waals surface area contributed by atoms with Crippen molar-refractivity contribution in [2.24, 2.45) is 0 Å². The molecule has 3 N–H and O–H groups in total. The highest BCUT2D eigenvalue weighted by Gasteiger charge is 2.10. The number of amides is 2. The molecule has 0 spiro atoms. The van der Waals surface area contributed by atoms with Gasteiger partial charge in [0.2, 0.25) is 22.1 Å². The second-order valence-electron chi connectivity index (χ2n) is 9.52. The number of halogens is 1. The molecule has 0 saturated carbocycles. The van der Waals surface area contributed by atoms with Gasteiger partial charge in [-0.15, -0.1) is 20.4 Å². The summed E-state index contributed by atoms with van der Waals surface area (Å²) in [4.78, 5) is 26.5. The van der Waals surface area contributed by atoms with Crippen LogP contribution in [0.5, 0.6) is 5.75 Å². The van der Waals surface area contributed by atoms with Crippen LogP contribution in [0, 0.1) is 0 Å². The second-order valence-corrected chi connectivity index (χ2v) is 12.4. The number of rotatable bonds is 8. The Hall–Kier alpha value is -5.05. The first-order chi connectivity index (χ1) is 22.3. The summed E-state index contributed by atoms with van der Waals surface area (Å²) in [5.41, 5.74) is 4.85. The SMILES string of the molecule is CC(=O)Nc1nnc(-c2ccc(Br)cc2)s1.COc1ccc(-c2cccnc2Nc2ccc(-c3nnc(NC(C)=O)s3)cc2)cc1. The van der Waals surface area contributed by atoms with Gasteiger partial charge in [0.25, 0.3) is 0 Å². The van der Waals surface area contributed by atoms with Crippen molar-refractivity contribution in [2.45, 2.75) is 13.8 Å². The Morgan fingerprint density at radius 3 is 1.74 bits per heavy atom. The highest BCUT2D eigenvalue weighted by molar-refractivity contribution is 9.10. The van der Waals surface area contributed by atoms with Crippen LogP contribution in [0.3, 0.4) is 0 Å². The van der Waals surface area contributed by atoms with E-state index in [0.29, 0.717) is 10.3 Å². The molecule has 0 atom stereocenters. The standard InChI is InChI=1S/C22H19N5O2S.C10H8BrN3OS/c1-14(28)24-22-27-26-21(30-22)16-5-9-17(10-6-16)25-20-19(4-3-13-23-20)15-7-11-18(29-2)12-8-15;1-6(15)12-10-14-13-9(16-10)7-2-4-8(11)5-3-7/h3-13H,1-2H3,(H,23,25)(H,24,27,28);2-5H,1H3,(H,12,14,15). The summed E-state index contributed by atoms with van der Waals surface area (Å²) in [6.07, 6.45) is 1.76. The second kappa shape index (κ2) is 15.3. The van der Waals surface area contributed by atoms with Crippen molar-refractivity contribution >= 4 is 72.2 Å². The summed E-state index contributed by atoms with van der Waals surface area (Å²) in [5, 5.41) is 27.2. The Labute approximate surface area is 281 Å². The van der Waals surface area contributed by atoms with Gasteiger partial charge in [-0.25, -0.2) is 4.98 Å². The third-order valence-electron chi connectivity index (χ3n) is 6.11. The minimum atomic E-state index is -0.166. The molecule has 11 nitrogen and oxygen atoms in total. The van der Waals surface area contributed by atoms with E-state index in [1.54, 1.807) is 13.3 Å². The number of ether oxygens (including phenoxy) is 1. The molecule has 2 amide bonds. The van der Waals surface area contributed by atoms with E-state index in [9.17, 15) is 9.59 Å². The van der Waals surface area contributed by atoms with Crippen LogP contribution in [0.4, 0.5) is 21.8 Å². The summed E-state index contributed by atoms with van der Waals surface area (Å²) < 4.78 is 6.25. The van der Waals surface area contributed by atoms with E-state index in [-0.39, 0.29) is 11.8 Å². The van der Waals surface area contributed by atoms with Gasteiger partial charge in [0, 0.05) is 46.9 Å². The summed E-state index contributed by atoms with van der Waals surface area (Å²) in [6.45, 7) is 2.89. The van der Waals surface area contributed by atoms with E-state index in [2.05, 4.69) is 57.3 Å². The number of nitrogens with one attached hydrogen (secondary N) is 3. The van der Waals surface area contributed by atoms with Gasteiger partial charge in [-0.2, -0.15) is 0 Å². The monoisotopic (exact) mass is 714 g/mol. The molecule has 0 radical (unpaired) electrons. The Kier molecular flexibility index (Phi) is 10.8. The van der Waals surface area contributed by atoms with Gasteiger partial charge in [-0.05, 0) is 66.2 Å². The molecular weight excluding hydrogens is 688 g/mol. The molecule has 0 fully saturated rings. The zero-order valence-electron chi connectivity index (χ0n) is 24.8. The number of methoxy groups -OCH3 is 1. The molecule has 46 heavy (non-hydrogen) atoms. The van der Waals surface area contributed by atoms with Crippen LogP contribution < -0.4 is 20.7 Å². The third kappa shape index (κ3) is 8.78. The number of carbonyl (C=O) groups is 2. The maximum atomic E-state index is 11.1. The van der Waals surface area contributed by atoms with E-state index < -0.39 is 0 Å². The first-order valence-corrected chi connectivity index (χ1v) is 16.1. The minimum Gasteiger partial charge on any atom is -0.497 e. The molecule has 0 aliphatic rings. The van der Waals surface area contributed by atoms with Crippen LogP contribution in [-0.4, -0.2) is 44.3 Å². The van der Waals surface area contributed by atoms with Crippen molar-refractivity contribution in [3.63, 3.8) is 0 Å². The Morgan fingerprint density at radius 2 is 1.22 bits per heavy atom. The van der Waals surface area contributed by atoms with Crippen molar-refractivity contribution in [1.29, 1.82) is 0 Å². The normalized spacial score (nSPS) is 10.3. The maximum absolute atomic E-state index is 11.1. The number of anilines is 4. The van der Waals surface area contributed by atoms with E-state index in [4.69, 9.17) is 4.74 Å². The van der Waals surface area contributed by atoms with Crippen LogP contribution in [0.2, 0.25) is 0 Å². The predicted octanol–water partition coefficient (Wildman–Crippen LogP) is 7.90. The lowest BCUT2D eigenvalue weighted by molar-refractivity contribution is -0.115. The molecule has 0 aliphatic carbocycles. The number of hydrogen-bond acceptors (Lipinski definition) is 11. The zero-order valence-corrected chi connectivity index (χ0v) is 28.0. The largest absolute Gasteiger partial charge is 0.497 e. The summed E-state index contributed by atoms with van der Waals surface area (Å²) >= 11 is 6.05. The van der Waals surface area contributed by atoms with Crippen molar-refractivity contribution in [1.82, 2.24) is 25.4 Å². The molecular formula is C32H27BrN8O3S2. The number of aromatic nitrogens is 5. The van der Waals surface area contributed by atoms with E-state index in [1.165, 1.54) is 36.5 Å². The van der Waals surface area contributed by atoms with Gasteiger partial charge in [0.15, 0.2) is 0 Å². The lowest BCUT2D eigenvalue weighted by Gasteiger charge is -2.12. The van der Waals surface area contributed by atoms with Gasteiger partial charge in [-0.3, -0.25) is 9.59 Å². The molecule has 3 heterocycles. The van der Waals surface area contributed by atoms with E-state index >= 15 is 0 Å². The molecule has 3 aromatic heterocycles. The van der Waals surface area contributed by atoms with Gasteiger partial charge in [-0.1, -0.05) is 62.9 Å². The van der Waals surface area contributed by atoms with Crippen LogP contribution in [0.25, 0.3) is 32.3 Å². The van der Waals surface area contributed by atoms with Gasteiger partial charge in [0.05, 0.1) is 7.11 Å². The Morgan fingerprint density at radius 1 is 0.696 bits per heavy atom. The topological polar surface area (TPSA) is 144 Å². The van der Waals surface area contributed by atoms with Crippen LogP contribution in [0.15, 0.2) is 95.6 Å². The molecule has 14 heteroatoms. The lowest BCUT2D eigenvalue weighted by atomic mass is 10.1. The lowest BCUT2D eigenvalue weighted by Crippen LogP contribution is -2.04. The molecule has 0 bridgehead atoms. The van der Waals surface area contributed by atoms with Crippen LogP contribution >= 0.6 is 38.6 Å². The van der Waals surface area contributed by atoms with Crippen molar-refractivity contribution < 1.29 is 14.3 Å². The number of nitrogens with zero attached hydrogens (tertiary/aromatic N) is 5. The number of carbonyl (C=O) groups excluding carboxylic acids is 2. The number of hydrogen-bond donors (Lipinski definition) is 3. The fourth-order valence-electron chi connectivity index (χ4n) is 4.02. The highest BCUT2D eigenvalue weighted by Crippen LogP contribution is 2.32. The quantitative estimate of drug-likeness (QED) is 0.143. The molecule has 6 aromatic rings.